The van der Waals surface area contributed by atoms with Gasteiger partial charge in [0.05, 0.1) is 16.2 Å². The standard InChI is InChI=1S/C20H24N2O3S/c1-2-13-26(24,25)19-10-6-5-9-17(19)20(23)22-14-18-16-8-4-3-7-15(16)11-12-21-18/h3-10,18,21H,2,11-14H2,1H3,(H,22,23). The summed E-state index contributed by atoms with van der Waals surface area (Å²) in [5, 5.41) is 6.31. The van der Waals surface area contributed by atoms with Crippen LogP contribution in [0.25, 0.3) is 0 Å². The first-order chi connectivity index (χ1) is 12.5. The van der Waals surface area contributed by atoms with Crippen molar-refractivity contribution in [2.24, 2.45) is 0 Å². The van der Waals surface area contributed by atoms with Gasteiger partial charge < -0.3 is 10.6 Å². The van der Waals surface area contributed by atoms with E-state index in [-0.39, 0.29) is 28.2 Å². The Morgan fingerprint density at radius 3 is 2.69 bits per heavy atom. The number of carbonyl (C=O) groups is 1. The second-order valence-corrected chi connectivity index (χ2v) is 8.56. The number of rotatable bonds is 6. The molecule has 1 amide bonds. The normalized spacial score (nSPS) is 16.7. The van der Waals surface area contributed by atoms with Crippen molar-refractivity contribution in [1.82, 2.24) is 10.6 Å². The predicted octanol–water partition coefficient (Wildman–Crippen LogP) is 2.49. The quantitative estimate of drug-likeness (QED) is 0.817. The molecule has 2 aromatic rings. The second kappa shape index (κ2) is 8.01. The van der Waals surface area contributed by atoms with Crippen molar-refractivity contribution in [3.8, 4) is 0 Å². The minimum atomic E-state index is -3.45. The first-order valence-corrected chi connectivity index (χ1v) is 10.6. The van der Waals surface area contributed by atoms with Gasteiger partial charge in [-0.3, -0.25) is 4.79 Å². The molecular weight excluding hydrogens is 348 g/mol. The molecule has 0 aromatic heterocycles. The summed E-state index contributed by atoms with van der Waals surface area (Å²) in [7, 11) is -3.45. The van der Waals surface area contributed by atoms with Gasteiger partial charge in [-0.2, -0.15) is 0 Å². The summed E-state index contributed by atoms with van der Waals surface area (Å²) < 4.78 is 24.9. The Bertz CT molecular complexity index is 893. The third-order valence-corrected chi connectivity index (χ3v) is 6.59. The van der Waals surface area contributed by atoms with E-state index in [2.05, 4.69) is 22.8 Å². The molecule has 3 rings (SSSR count). The van der Waals surface area contributed by atoms with Crippen LogP contribution in [0.2, 0.25) is 0 Å². The van der Waals surface area contributed by atoms with Crippen LogP contribution in [0.1, 0.15) is 40.9 Å². The van der Waals surface area contributed by atoms with Gasteiger partial charge >= 0.3 is 0 Å². The molecule has 2 aromatic carbocycles. The lowest BCUT2D eigenvalue weighted by molar-refractivity contribution is 0.0946. The summed E-state index contributed by atoms with van der Waals surface area (Å²) in [6.07, 6.45) is 1.49. The van der Waals surface area contributed by atoms with Crippen molar-refractivity contribution in [1.29, 1.82) is 0 Å². The minimum Gasteiger partial charge on any atom is -0.350 e. The van der Waals surface area contributed by atoms with Gasteiger partial charge in [0.1, 0.15) is 0 Å². The van der Waals surface area contributed by atoms with Crippen molar-refractivity contribution < 1.29 is 13.2 Å². The highest BCUT2D eigenvalue weighted by atomic mass is 32.2. The van der Waals surface area contributed by atoms with Crippen molar-refractivity contribution in [2.75, 3.05) is 18.8 Å². The Morgan fingerprint density at radius 2 is 1.88 bits per heavy atom. The van der Waals surface area contributed by atoms with E-state index in [0.29, 0.717) is 13.0 Å². The Hall–Kier alpha value is -2.18. The van der Waals surface area contributed by atoms with Crippen LogP contribution in [0, 0.1) is 0 Å². The van der Waals surface area contributed by atoms with Crippen LogP contribution >= 0.6 is 0 Å². The molecule has 138 valence electrons. The summed E-state index contributed by atoms with van der Waals surface area (Å²) in [6.45, 7) is 3.09. The topological polar surface area (TPSA) is 75.3 Å². The molecule has 0 bridgehead atoms. The van der Waals surface area contributed by atoms with Crippen LogP contribution in [0.15, 0.2) is 53.4 Å². The van der Waals surface area contributed by atoms with E-state index in [1.807, 2.05) is 19.1 Å². The number of hydrogen-bond acceptors (Lipinski definition) is 4. The molecule has 1 heterocycles. The number of sulfone groups is 1. The van der Waals surface area contributed by atoms with Crippen LogP contribution in [-0.2, 0) is 16.3 Å². The predicted molar refractivity (Wildman–Crippen MR) is 102 cm³/mol. The molecule has 0 aliphatic carbocycles. The van der Waals surface area contributed by atoms with Gasteiger partial charge in [-0.25, -0.2) is 8.42 Å². The first kappa shape index (κ1) is 18.6. The monoisotopic (exact) mass is 372 g/mol. The fourth-order valence-electron chi connectivity index (χ4n) is 3.37. The third kappa shape index (κ3) is 3.97. The minimum absolute atomic E-state index is 0.0308. The van der Waals surface area contributed by atoms with Crippen molar-refractivity contribution >= 4 is 15.7 Å². The fourth-order valence-corrected chi connectivity index (χ4v) is 4.91. The summed E-state index contributed by atoms with van der Waals surface area (Å²) in [6, 6.07) is 14.6. The average molecular weight is 372 g/mol. The summed E-state index contributed by atoms with van der Waals surface area (Å²) in [5.41, 5.74) is 2.69. The molecule has 0 fully saturated rings. The Balaban J connectivity index is 1.76. The van der Waals surface area contributed by atoms with Gasteiger partial charge in [0.2, 0.25) is 0 Å². The van der Waals surface area contributed by atoms with Crippen LogP contribution in [0.5, 0.6) is 0 Å². The maximum Gasteiger partial charge on any atom is 0.252 e. The molecule has 5 nitrogen and oxygen atoms in total. The lowest BCUT2D eigenvalue weighted by Gasteiger charge is -2.27. The lowest BCUT2D eigenvalue weighted by Crippen LogP contribution is -2.39. The van der Waals surface area contributed by atoms with Crippen molar-refractivity contribution in [2.45, 2.75) is 30.7 Å². The zero-order valence-corrected chi connectivity index (χ0v) is 15.7. The van der Waals surface area contributed by atoms with E-state index in [4.69, 9.17) is 0 Å². The van der Waals surface area contributed by atoms with Crippen LogP contribution < -0.4 is 10.6 Å². The van der Waals surface area contributed by atoms with E-state index in [1.165, 1.54) is 17.2 Å². The van der Waals surface area contributed by atoms with Gasteiger partial charge in [0.15, 0.2) is 9.84 Å². The molecule has 0 spiro atoms. The maximum atomic E-state index is 12.7. The molecule has 2 N–H and O–H groups in total. The third-order valence-electron chi connectivity index (χ3n) is 4.62. The maximum absolute atomic E-state index is 12.7. The number of carbonyl (C=O) groups excluding carboxylic acids is 1. The van der Waals surface area contributed by atoms with E-state index >= 15 is 0 Å². The first-order valence-electron chi connectivity index (χ1n) is 8.94. The van der Waals surface area contributed by atoms with E-state index in [9.17, 15) is 13.2 Å². The Kier molecular flexibility index (Phi) is 5.74. The van der Waals surface area contributed by atoms with Crippen LogP contribution in [0.3, 0.4) is 0 Å². The Labute approximate surface area is 154 Å². The van der Waals surface area contributed by atoms with E-state index < -0.39 is 9.84 Å². The largest absolute Gasteiger partial charge is 0.350 e. The van der Waals surface area contributed by atoms with Gasteiger partial charge in [-0.05, 0) is 42.6 Å². The molecule has 1 aliphatic rings. The van der Waals surface area contributed by atoms with Gasteiger partial charge in [-0.1, -0.05) is 43.3 Å². The summed E-state index contributed by atoms with van der Waals surface area (Å²) in [5.74, 6) is -0.320. The number of fused-ring (bicyclic) bond motifs is 1. The van der Waals surface area contributed by atoms with Crippen LogP contribution in [-0.4, -0.2) is 33.2 Å². The van der Waals surface area contributed by atoms with Gasteiger partial charge in [0.25, 0.3) is 5.91 Å². The molecule has 0 saturated heterocycles. The van der Waals surface area contributed by atoms with E-state index in [1.54, 1.807) is 18.2 Å². The molecule has 1 aliphatic heterocycles. The molecule has 6 heteroatoms. The second-order valence-electron chi connectivity index (χ2n) is 6.48. The molecular formula is C20H24N2O3S. The van der Waals surface area contributed by atoms with Crippen molar-refractivity contribution in [3.63, 3.8) is 0 Å². The SMILES string of the molecule is CCCS(=O)(=O)c1ccccc1C(=O)NCC1NCCc2ccccc21. The highest BCUT2D eigenvalue weighted by Crippen LogP contribution is 2.22. The zero-order chi connectivity index (χ0) is 18.6. The number of hydrogen-bond donors (Lipinski definition) is 2. The Morgan fingerprint density at radius 1 is 1.15 bits per heavy atom. The summed E-state index contributed by atoms with van der Waals surface area (Å²) >= 11 is 0. The van der Waals surface area contributed by atoms with Crippen molar-refractivity contribution in [3.05, 3.63) is 65.2 Å². The summed E-state index contributed by atoms with van der Waals surface area (Å²) in [4.78, 5) is 12.8. The van der Waals surface area contributed by atoms with Gasteiger partial charge in [0, 0.05) is 12.6 Å². The molecule has 0 radical (unpaired) electrons. The number of benzene rings is 2. The molecule has 0 saturated carbocycles. The van der Waals surface area contributed by atoms with E-state index in [0.717, 1.165) is 13.0 Å². The zero-order valence-electron chi connectivity index (χ0n) is 14.9. The van der Waals surface area contributed by atoms with Gasteiger partial charge in [-0.15, -0.1) is 0 Å². The van der Waals surface area contributed by atoms with Crippen LogP contribution in [0.4, 0.5) is 0 Å². The molecule has 26 heavy (non-hydrogen) atoms. The lowest BCUT2D eigenvalue weighted by atomic mass is 9.94. The molecule has 1 atom stereocenters. The number of nitrogens with one attached hydrogen (secondary N) is 2. The molecule has 1 unspecified atom stereocenters. The number of amides is 1. The fraction of sp³-hybridized carbons (Fsp3) is 0.350. The average Bonchev–Trinajstić information content (AvgIpc) is 2.66. The smallest absolute Gasteiger partial charge is 0.252 e. The highest BCUT2D eigenvalue weighted by molar-refractivity contribution is 7.91. The highest BCUT2D eigenvalue weighted by Gasteiger charge is 2.23.